The summed E-state index contributed by atoms with van der Waals surface area (Å²) in [6.07, 6.45) is 5.21. The number of rotatable bonds is 4. The standard InChI is InChI=1S/C15H28O2/c1-6-14(16)17-13-9-8-11(3)10-12(13)15(4,5)7-2/h11-13H,6-10H2,1-5H3. The molecule has 0 radical (unpaired) electrons. The molecule has 0 aromatic rings. The third kappa shape index (κ3) is 3.72. The Morgan fingerprint density at radius 2 is 1.94 bits per heavy atom. The largest absolute Gasteiger partial charge is 0.462 e. The summed E-state index contributed by atoms with van der Waals surface area (Å²) in [6, 6.07) is 0. The van der Waals surface area contributed by atoms with Crippen molar-refractivity contribution in [1.82, 2.24) is 0 Å². The van der Waals surface area contributed by atoms with Gasteiger partial charge in [-0.15, -0.1) is 0 Å². The van der Waals surface area contributed by atoms with Gasteiger partial charge in [-0.25, -0.2) is 0 Å². The molecule has 1 saturated carbocycles. The lowest BCUT2D eigenvalue weighted by Crippen LogP contribution is -2.41. The Bertz CT molecular complexity index is 258. The number of carbonyl (C=O) groups excluding carboxylic acids is 1. The molecule has 3 unspecified atom stereocenters. The molecule has 2 heteroatoms. The van der Waals surface area contributed by atoms with Gasteiger partial charge in [-0.1, -0.05) is 41.0 Å². The van der Waals surface area contributed by atoms with Crippen molar-refractivity contribution in [3.8, 4) is 0 Å². The van der Waals surface area contributed by atoms with E-state index in [1.165, 1.54) is 12.8 Å². The van der Waals surface area contributed by atoms with Crippen LogP contribution >= 0.6 is 0 Å². The first kappa shape index (κ1) is 14.5. The van der Waals surface area contributed by atoms with E-state index < -0.39 is 0 Å². The van der Waals surface area contributed by atoms with Gasteiger partial charge in [0.05, 0.1) is 0 Å². The average Bonchev–Trinajstić information content (AvgIpc) is 2.31. The molecule has 0 bridgehead atoms. The van der Waals surface area contributed by atoms with Crippen LogP contribution < -0.4 is 0 Å². The minimum Gasteiger partial charge on any atom is -0.462 e. The van der Waals surface area contributed by atoms with E-state index in [9.17, 15) is 4.79 Å². The summed E-state index contributed by atoms with van der Waals surface area (Å²) in [6.45, 7) is 11.0. The highest BCUT2D eigenvalue weighted by molar-refractivity contribution is 5.69. The molecule has 1 aliphatic carbocycles. The van der Waals surface area contributed by atoms with Crippen molar-refractivity contribution < 1.29 is 9.53 Å². The maximum absolute atomic E-state index is 11.5. The Morgan fingerprint density at radius 3 is 2.47 bits per heavy atom. The van der Waals surface area contributed by atoms with Crippen LogP contribution in [0.15, 0.2) is 0 Å². The summed E-state index contributed by atoms with van der Waals surface area (Å²) in [4.78, 5) is 11.5. The minimum absolute atomic E-state index is 0.0403. The molecule has 0 amide bonds. The van der Waals surface area contributed by atoms with Crippen LogP contribution in [0.4, 0.5) is 0 Å². The van der Waals surface area contributed by atoms with E-state index in [1.807, 2.05) is 6.92 Å². The van der Waals surface area contributed by atoms with Crippen molar-refractivity contribution >= 4 is 5.97 Å². The molecule has 0 heterocycles. The maximum atomic E-state index is 11.5. The van der Waals surface area contributed by atoms with Crippen LogP contribution in [0.25, 0.3) is 0 Å². The highest BCUT2D eigenvalue weighted by Crippen LogP contribution is 2.43. The Morgan fingerprint density at radius 1 is 1.29 bits per heavy atom. The molecule has 0 aromatic carbocycles. The van der Waals surface area contributed by atoms with E-state index in [2.05, 4.69) is 27.7 Å². The summed E-state index contributed by atoms with van der Waals surface area (Å²) in [5.74, 6) is 1.25. The third-order valence-electron chi connectivity index (χ3n) is 4.54. The van der Waals surface area contributed by atoms with Gasteiger partial charge >= 0.3 is 5.97 Å². The molecule has 100 valence electrons. The molecular formula is C15H28O2. The molecule has 1 fully saturated rings. The molecular weight excluding hydrogens is 212 g/mol. The lowest BCUT2D eigenvalue weighted by Gasteiger charge is -2.43. The number of hydrogen-bond acceptors (Lipinski definition) is 2. The second-order valence-corrected chi connectivity index (χ2v) is 6.25. The highest BCUT2D eigenvalue weighted by atomic mass is 16.5. The van der Waals surface area contributed by atoms with E-state index in [0.29, 0.717) is 12.3 Å². The van der Waals surface area contributed by atoms with Gasteiger partial charge in [-0.2, -0.15) is 0 Å². The smallest absolute Gasteiger partial charge is 0.305 e. The summed E-state index contributed by atoms with van der Waals surface area (Å²) >= 11 is 0. The molecule has 17 heavy (non-hydrogen) atoms. The topological polar surface area (TPSA) is 26.3 Å². The first-order valence-corrected chi connectivity index (χ1v) is 7.10. The Hall–Kier alpha value is -0.530. The normalized spacial score (nSPS) is 30.1. The highest BCUT2D eigenvalue weighted by Gasteiger charge is 2.39. The van der Waals surface area contributed by atoms with Gasteiger partial charge in [0.2, 0.25) is 0 Å². The van der Waals surface area contributed by atoms with E-state index in [1.54, 1.807) is 0 Å². The lowest BCUT2D eigenvalue weighted by molar-refractivity contribution is -0.157. The number of carbonyl (C=O) groups is 1. The monoisotopic (exact) mass is 240 g/mol. The van der Waals surface area contributed by atoms with Crippen LogP contribution in [0.5, 0.6) is 0 Å². The van der Waals surface area contributed by atoms with Crippen molar-refractivity contribution in [3.63, 3.8) is 0 Å². The molecule has 0 spiro atoms. The zero-order valence-electron chi connectivity index (χ0n) is 12.1. The zero-order chi connectivity index (χ0) is 13.1. The van der Waals surface area contributed by atoms with Gasteiger partial charge in [0.15, 0.2) is 0 Å². The van der Waals surface area contributed by atoms with Crippen LogP contribution in [0.1, 0.15) is 66.7 Å². The molecule has 0 aliphatic heterocycles. The molecule has 1 rings (SSSR count). The predicted molar refractivity (Wildman–Crippen MR) is 70.7 cm³/mol. The van der Waals surface area contributed by atoms with E-state index in [-0.39, 0.29) is 17.5 Å². The third-order valence-corrected chi connectivity index (χ3v) is 4.54. The number of ether oxygens (including phenoxy) is 1. The van der Waals surface area contributed by atoms with Gasteiger partial charge in [-0.3, -0.25) is 4.79 Å². The van der Waals surface area contributed by atoms with Gasteiger partial charge in [0.25, 0.3) is 0 Å². The second-order valence-electron chi connectivity index (χ2n) is 6.25. The molecule has 0 saturated heterocycles. The van der Waals surface area contributed by atoms with Gasteiger partial charge in [0, 0.05) is 12.3 Å². The maximum Gasteiger partial charge on any atom is 0.305 e. The van der Waals surface area contributed by atoms with Crippen LogP contribution in [-0.2, 0) is 9.53 Å². The lowest BCUT2D eigenvalue weighted by atomic mass is 9.66. The molecule has 1 aliphatic rings. The van der Waals surface area contributed by atoms with Gasteiger partial charge < -0.3 is 4.74 Å². The van der Waals surface area contributed by atoms with Crippen molar-refractivity contribution in [2.75, 3.05) is 0 Å². The summed E-state index contributed by atoms with van der Waals surface area (Å²) in [5.41, 5.74) is 0.271. The Labute approximate surface area is 106 Å². The first-order valence-electron chi connectivity index (χ1n) is 7.10. The van der Waals surface area contributed by atoms with Crippen molar-refractivity contribution in [2.24, 2.45) is 17.3 Å². The molecule has 2 nitrogen and oxygen atoms in total. The van der Waals surface area contributed by atoms with Gasteiger partial charge in [0.1, 0.15) is 6.10 Å². The predicted octanol–water partition coefficient (Wildman–Crippen LogP) is 4.18. The van der Waals surface area contributed by atoms with E-state index in [4.69, 9.17) is 4.74 Å². The SMILES string of the molecule is CCC(=O)OC1CCC(C)CC1C(C)(C)CC. The summed E-state index contributed by atoms with van der Waals surface area (Å²) in [5, 5.41) is 0. The Kier molecular flexibility index (Phi) is 5.03. The number of esters is 1. The minimum atomic E-state index is -0.0403. The zero-order valence-corrected chi connectivity index (χ0v) is 12.1. The van der Waals surface area contributed by atoms with E-state index >= 15 is 0 Å². The fourth-order valence-electron chi connectivity index (χ4n) is 2.83. The summed E-state index contributed by atoms with van der Waals surface area (Å²) < 4.78 is 5.65. The first-order chi connectivity index (χ1) is 7.90. The van der Waals surface area contributed by atoms with Crippen LogP contribution in [0.2, 0.25) is 0 Å². The van der Waals surface area contributed by atoms with Crippen LogP contribution in [0, 0.1) is 17.3 Å². The van der Waals surface area contributed by atoms with Gasteiger partial charge in [-0.05, 0) is 30.6 Å². The quantitative estimate of drug-likeness (QED) is 0.689. The average molecular weight is 240 g/mol. The van der Waals surface area contributed by atoms with Crippen molar-refractivity contribution in [1.29, 1.82) is 0 Å². The molecule has 3 atom stereocenters. The van der Waals surface area contributed by atoms with Crippen molar-refractivity contribution in [2.45, 2.75) is 72.8 Å². The summed E-state index contributed by atoms with van der Waals surface area (Å²) in [7, 11) is 0. The van der Waals surface area contributed by atoms with E-state index in [0.717, 1.165) is 18.8 Å². The fourth-order valence-corrected chi connectivity index (χ4v) is 2.83. The van der Waals surface area contributed by atoms with Crippen LogP contribution in [-0.4, -0.2) is 12.1 Å². The van der Waals surface area contributed by atoms with Crippen LogP contribution in [0.3, 0.4) is 0 Å². The second kappa shape index (κ2) is 5.88. The fraction of sp³-hybridized carbons (Fsp3) is 0.933. The number of hydrogen-bond donors (Lipinski definition) is 0. The molecule has 0 aromatic heterocycles. The molecule has 0 N–H and O–H groups in total. The Balaban J connectivity index is 2.74. The van der Waals surface area contributed by atoms with Crippen molar-refractivity contribution in [3.05, 3.63) is 0 Å².